The predicted molar refractivity (Wildman–Crippen MR) is 74.7 cm³/mol. The molecular weight excluding hydrogens is 274 g/mol. The maximum absolute atomic E-state index is 11.2. The van der Waals surface area contributed by atoms with Crippen LogP contribution in [0.1, 0.15) is 29.6 Å². The highest BCUT2D eigenvalue weighted by Gasteiger charge is 2.11. The zero-order chi connectivity index (χ0) is 15.1. The molecule has 0 unspecified atom stereocenters. The number of nitrogens with two attached hydrogens (primary N) is 1. The van der Waals surface area contributed by atoms with Gasteiger partial charge in [-0.2, -0.15) is 0 Å². The van der Waals surface area contributed by atoms with Gasteiger partial charge in [0.1, 0.15) is 18.1 Å². The van der Waals surface area contributed by atoms with Crippen LogP contribution >= 0.6 is 0 Å². The summed E-state index contributed by atoms with van der Waals surface area (Å²) in [6, 6.07) is 8.74. The third-order valence-corrected chi connectivity index (χ3v) is 2.60. The largest absolute Gasteiger partial charge is 0.494 e. The van der Waals surface area contributed by atoms with Gasteiger partial charge in [0.25, 0.3) is 5.91 Å². The second-order valence-electron chi connectivity index (χ2n) is 4.26. The fraction of sp³-hybridized carbons (Fsp3) is 0.286. The van der Waals surface area contributed by atoms with E-state index >= 15 is 0 Å². The van der Waals surface area contributed by atoms with Gasteiger partial charge in [-0.3, -0.25) is 10.2 Å². The van der Waals surface area contributed by atoms with Crippen molar-refractivity contribution in [2.24, 2.45) is 5.84 Å². The molecule has 0 atom stereocenters. The highest BCUT2D eigenvalue weighted by Crippen LogP contribution is 2.19. The Bertz CT molecular complexity index is 580. The number of amides is 1. The molecule has 0 aliphatic heterocycles. The number of benzene rings is 1. The lowest BCUT2D eigenvalue weighted by atomic mass is 10.3. The van der Waals surface area contributed by atoms with E-state index in [1.54, 1.807) is 12.1 Å². The second kappa shape index (κ2) is 7.30. The van der Waals surface area contributed by atoms with E-state index in [1.165, 1.54) is 6.07 Å². The van der Waals surface area contributed by atoms with Gasteiger partial charge in [-0.25, -0.2) is 5.84 Å². The molecule has 0 spiro atoms. The third-order valence-electron chi connectivity index (χ3n) is 2.60. The van der Waals surface area contributed by atoms with E-state index in [2.05, 4.69) is 5.16 Å². The quantitative estimate of drug-likeness (QED) is 0.457. The lowest BCUT2D eigenvalue weighted by molar-refractivity contribution is 0.0944. The molecule has 2 aromatic rings. The molecule has 7 heteroatoms. The number of aromatic nitrogens is 1. The lowest BCUT2D eigenvalue weighted by Crippen LogP contribution is -2.30. The summed E-state index contributed by atoms with van der Waals surface area (Å²) in [7, 11) is 0. The first-order valence-corrected chi connectivity index (χ1v) is 6.55. The molecule has 0 aliphatic carbocycles. The molecule has 112 valence electrons. The number of nitrogens with one attached hydrogen (secondary N) is 1. The summed E-state index contributed by atoms with van der Waals surface area (Å²) in [4.78, 5) is 11.2. The van der Waals surface area contributed by atoms with E-state index in [0.29, 0.717) is 18.1 Å². The smallest absolute Gasteiger partial charge is 0.287 e. The van der Waals surface area contributed by atoms with Crippen LogP contribution in [-0.4, -0.2) is 17.7 Å². The van der Waals surface area contributed by atoms with Crippen LogP contribution in [0.3, 0.4) is 0 Å². The third kappa shape index (κ3) is 4.22. The van der Waals surface area contributed by atoms with Crippen LogP contribution in [0.4, 0.5) is 0 Å². The molecule has 0 saturated carbocycles. The number of hydrazine groups is 1. The fourth-order valence-electron chi connectivity index (χ4n) is 1.57. The molecule has 2 rings (SSSR count). The summed E-state index contributed by atoms with van der Waals surface area (Å²) < 4.78 is 16.0. The van der Waals surface area contributed by atoms with Crippen LogP contribution in [0, 0.1) is 0 Å². The first-order valence-electron chi connectivity index (χ1n) is 6.55. The molecule has 0 radical (unpaired) electrons. The average Bonchev–Trinajstić information content (AvgIpc) is 3.00. The van der Waals surface area contributed by atoms with E-state index in [4.69, 9.17) is 19.8 Å². The zero-order valence-corrected chi connectivity index (χ0v) is 11.7. The van der Waals surface area contributed by atoms with Gasteiger partial charge >= 0.3 is 0 Å². The van der Waals surface area contributed by atoms with Crippen molar-refractivity contribution < 1.29 is 18.8 Å². The summed E-state index contributed by atoms with van der Waals surface area (Å²) in [5.41, 5.74) is 2.09. The number of hydrogen-bond acceptors (Lipinski definition) is 6. The van der Waals surface area contributed by atoms with E-state index in [0.717, 1.165) is 12.2 Å². The molecule has 0 bridgehead atoms. The minimum Gasteiger partial charge on any atom is -0.494 e. The Morgan fingerprint density at radius 3 is 2.57 bits per heavy atom. The Balaban J connectivity index is 1.87. The van der Waals surface area contributed by atoms with E-state index in [1.807, 2.05) is 24.5 Å². The van der Waals surface area contributed by atoms with E-state index < -0.39 is 5.91 Å². The van der Waals surface area contributed by atoms with Crippen molar-refractivity contribution in [1.82, 2.24) is 10.6 Å². The summed E-state index contributed by atoms with van der Waals surface area (Å²) in [6.45, 7) is 2.90. The van der Waals surface area contributed by atoms with Gasteiger partial charge in [-0.1, -0.05) is 12.1 Å². The number of carbonyl (C=O) groups excluding carboxylic acids is 1. The van der Waals surface area contributed by atoms with Crippen LogP contribution in [-0.2, 0) is 6.61 Å². The van der Waals surface area contributed by atoms with Gasteiger partial charge in [0, 0.05) is 6.07 Å². The minimum absolute atomic E-state index is 0.111. The van der Waals surface area contributed by atoms with Crippen molar-refractivity contribution in [1.29, 1.82) is 0 Å². The predicted octanol–water partition coefficient (Wildman–Crippen LogP) is 1.65. The maximum Gasteiger partial charge on any atom is 0.287 e. The number of hydrogen-bond donors (Lipinski definition) is 2. The number of nitrogen functional groups attached to an aromatic ring is 1. The van der Waals surface area contributed by atoms with Crippen molar-refractivity contribution in [3.63, 3.8) is 0 Å². The number of carbonyl (C=O) groups is 1. The SMILES string of the molecule is CCCOc1ccc(OCc2cc(C(=O)NN)no2)cc1. The van der Waals surface area contributed by atoms with Crippen molar-refractivity contribution in [2.75, 3.05) is 6.61 Å². The van der Waals surface area contributed by atoms with Gasteiger partial charge in [-0.05, 0) is 30.7 Å². The van der Waals surface area contributed by atoms with Crippen LogP contribution in [0.5, 0.6) is 11.5 Å². The molecule has 3 N–H and O–H groups in total. The van der Waals surface area contributed by atoms with Crippen LogP contribution in [0.2, 0.25) is 0 Å². The molecule has 0 fully saturated rings. The molecule has 7 nitrogen and oxygen atoms in total. The standard InChI is InChI=1S/C14H17N3O4/c1-2-7-19-10-3-5-11(6-4-10)20-9-12-8-13(17-21-12)14(18)16-15/h3-6,8H,2,7,9,15H2,1H3,(H,16,18). The average molecular weight is 291 g/mol. The van der Waals surface area contributed by atoms with Crippen LogP contribution in [0.15, 0.2) is 34.9 Å². The normalized spacial score (nSPS) is 10.2. The summed E-state index contributed by atoms with van der Waals surface area (Å²) in [6.07, 6.45) is 0.961. The maximum atomic E-state index is 11.2. The molecular formula is C14H17N3O4. The Morgan fingerprint density at radius 1 is 1.29 bits per heavy atom. The molecule has 21 heavy (non-hydrogen) atoms. The van der Waals surface area contributed by atoms with Crippen molar-refractivity contribution in [2.45, 2.75) is 20.0 Å². The van der Waals surface area contributed by atoms with Crippen molar-refractivity contribution >= 4 is 5.91 Å². The second-order valence-corrected chi connectivity index (χ2v) is 4.26. The van der Waals surface area contributed by atoms with E-state index in [-0.39, 0.29) is 12.3 Å². The molecule has 1 amide bonds. The number of ether oxygens (including phenoxy) is 2. The Hall–Kier alpha value is -2.54. The van der Waals surface area contributed by atoms with Crippen LogP contribution < -0.4 is 20.7 Å². The Kier molecular flexibility index (Phi) is 5.16. The summed E-state index contributed by atoms with van der Waals surface area (Å²) >= 11 is 0. The van der Waals surface area contributed by atoms with Gasteiger partial charge < -0.3 is 14.0 Å². The molecule has 1 heterocycles. The van der Waals surface area contributed by atoms with Crippen molar-refractivity contribution in [3.05, 3.63) is 41.8 Å². The van der Waals surface area contributed by atoms with Crippen LogP contribution in [0.25, 0.3) is 0 Å². The van der Waals surface area contributed by atoms with Gasteiger partial charge in [0.05, 0.1) is 6.61 Å². The highest BCUT2D eigenvalue weighted by molar-refractivity contribution is 5.91. The summed E-state index contributed by atoms with van der Waals surface area (Å²) in [5, 5.41) is 3.58. The Morgan fingerprint density at radius 2 is 1.95 bits per heavy atom. The van der Waals surface area contributed by atoms with Gasteiger partial charge in [0.15, 0.2) is 11.5 Å². The summed E-state index contributed by atoms with van der Waals surface area (Å²) in [5.74, 6) is 6.39. The zero-order valence-electron chi connectivity index (χ0n) is 11.7. The number of rotatable bonds is 7. The molecule has 1 aromatic carbocycles. The Labute approximate surface area is 122 Å². The molecule has 0 saturated heterocycles. The minimum atomic E-state index is -0.512. The fourth-order valence-corrected chi connectivity index (χ4v) is 1.57. The van der Waals surface area contributed by atoms with E-state index in [9.17, 15) is 4.79 Å². The highest BCUT2D eigenvalue weighted by atomic mass is 16.5. The first kappa shape index (κ1) is 14.9. The lowest BCUT2D eigenvalue weighted by Gasteiger charge is -2.06. The molecule has 0 aliphatic rings. The molecule has 1 aromatic heterocycles. The monoisotopic (exact) mass is 291 g/mol. The first-order chi connectivity index (χ1) is 10.2. The van der Waals surface area contributed by atoms with Crippen molar-refractivity contribution in [3.8, 4) is 11.5 Å². The van der Waals surface area contributed by atoms with Gasteiger partial charge in [0.2, 0.25) is 0 Å². The topological polar surface area (TPSA) is 99.6 Å². The number of nitrogens with zero attached hydrogens (tertiary/aromatic N) is 1. The van der Waals surface area contributed by atoms with Gasteiger partial charge in [-0.15, -0.1) is 0 Å².